The van der Waals surface area contributed by atoms with Crippen molar-refractivity contribution in [1.29, 1.82) is 0 Å². The smallest absolute Gasteiger partial charge is 0.258 e. The summed E-state index contributed by atoms with van der Waals surface area (Å²) in [6.45, 7) is 11.4. The predicted octanol–water partition coefficient (Wildman–Crippen LogP) is 9.13. The zero-order valence-electron chi connectivity index (χ0n) is 29.4. The normalized spacial score (nSPS) is 16.4. The molecule has 0 aliphatic heterocycles. The molecule has 256 valence electrons. The first-order valence-corrected chi connectivity index (χ1v) is 17.1. The number of methoxy groups -OCH3 is 1. The van der Waals surface area contributed by atoms with Crippen LogP contribution >= 0.6 is 0 Å². The fourth-order valence-electron chi connectivity index (χ4n) is 6.74. The number of pyridine rings is 2. The molecular weight excluding hydrogens is 628 g/mol. The topological polar surface area (TPSA) is 122 Å². The maximum atomic E-state index is 6.63. The number of hydrogen-bond donors (Lipinski definition) is 0. The molecule has 1 aliphatic carbocycles. The van der Waals surface area contributed by atoms with Crippen molar-refractivity contribution in [2.45, 2.75) is 77.2 Å². The van der Waals surface area contributed by atoms with Gasteiger partial charge in [0.1, 0.15) is 0 Å². The minimum Gasteiger partial charge on any atom is -0.493 e. The molecule has 0 spiro atoms. The van der Waals surface area contributed by atoms with Gasteiger partial charge in [-0.2, -0.15) is 9.97 Å². The van der Waals surface area contributed by atoms with E-state index in [1.807, 2.05) is 42.5 Å². The number of rotatable bonds is 10. The van der Waals surface area contributed by atoms with Gasteiger partial charge in [0.15, 0.2) is 11.5 Å². The second-order valence-electron chi connectivity index (χ2n) is 14.7. The fraction of sp³-hybridized carbons (Fsp3) is 0.350. The largest absolute Gasteiger partial charge is 0.493 e. The monoisotopic (exact) mass is 670 g/mol. The van der Waals surface area contributed by atoms with E-state index in [1.54, 1.807) is 31.9 Å². The van der Waals surface area contributed by atoms with Crippen LogP contribution < -0.4 is 9.47 Å². The van der Waals surface area contributed by atoms with Crippen LogP contribution in [0.2, 0.25) is 0 Å². The highest BCUT2D eigenvalue weighted by Gasteiger charge is 2.34. The second kappa shape index (κ2) is 13.5. The van der Waals surface area contributed by atoms with Gasteiger partial charge in [-0.1, -0.05) is 51.0 Å². The highest BCUT2D eigenvalue weighted by atomic mass is 16.5. The first-order chi connectivity index (χ1) is 24.1. The van der Waals surface area contributed by atoms with Crippen molar-refractivity contribution in [2.75, 3.05) is 7.11 Å². The number of benzene rings is 2. The maximum absolute atomic E-state index is 6.63. The second-order valence-corrected chi connectivity index (χ2v) is 14.7. The minimum atomic E-state index is -0.106. The van der Waals surface area contributed by atoms with Crippen LogP contribution in [0.25, 0.3) is 45.7 Å². The summed E-state index contributed by atoms with van der Waals surface area (Å²) >= 11 is 0. The van der Waals surface area contributed by atoms with Crippen molar-refractivity contribution < 1.29 is 18.5 Å². The molecule has 7 rings (SSSR count). The van der Waals surface area contributed by atoms with Crippen LogP contribution in [0.1, 0.15) is 71.4 Å². The van der Waals surface area contributed by atoms with Crippen molar-refractivity contribution in [2.24, 2.45) is 5.92 Å². The Morgan fingerprint density at radius 3 is 1.86 bits per heavy atom. The Bertz CT molecular complexity index is 2070. The van der Waals surface area contributed by atoms with Crippen LogP contribution in [-0.2, 0) is 10.8 Å². The molecule has 2 unspecified atom stereocenters. The molecule has 2 atom stereocenters. The quantitative estimate of drug-likeness (QED) is 0.139. The molecule has 1 saturated carbocycles. The molecule has 0 radical (unpaired) electrons. The third-order valence-electron chi connectivity index (χ3n) is 9.55. The van der Waals surface area contributed by atoms with Gasteiger partial charge < -0.3 is 18.5 Å². The molecular formula is C40H42N6O4. The van der Waals surface area contributed by atoms with Crippen LogP contribution in [0.15, 0.2) is 94.5 Å². The van der Waals surface area contributed by atoms with Gasteiger partial charge in [-0.15, -0.1) is 0 Å². The van der Waals surface area contributed by atoms with E-state index in [-0.39, 0.29) is 16.9 Å². The lowest BCUT2D eigenvalue weighted by Gasteiger charge is -2.31. The Labute approximate surface area is 292 Å². The number of nitrogens with zero attached hydrogens (tertiary/aromatic N) is 6. The molecule has 1 fully saturated rings. The van der Waals surface area contributed by atoms with Crippen LogP contribution in [0.5, 0.6) is 11.5 Å². The molecule has 0 amide bonds. The summed E-state index contributed by atoms with van der Waals surface area (Å²) in [4.78, 5) is 17.5. The average molecular weight is 671 g/mol. The lowest BCUT2D eigenvalue weighted by Crippen LogP contribution is -2.23. The number of aromatic nitrogens is 6. The SMILES string of the molecule is COc1ccc(-c2nc(-c3ccncc3)no2)cc1OC1CCC(CC(C)(C)c2cc(-c3nc(-c4ccncc4)no3)cc(C(C)(C)C)c2)C1. The maximum Gasteiger partial charge on any atom is 0.258 e. The molecule has 10 nitrogen and oxygen atoms in total. The van der Waals surface area contributed by atoms with Crippen LogP contribution in [-0.4, -0.2) is 43.5 Å². The third kappa shape index (κ3) is 7.15. The number of hydrogen-bond acceptors (Lipinski definition) is 10. The van der Waals surface area contributed by atoms with Crippen molar-refractivity contribution >= 4 is 0 Å². The molecule has 10 heteroatoms. The Hall–Kier alpha value is -5.38. The molecule has 0 saturated heterocycles. The fourth-order valence-corrected chi connectivity index (χ4v) is 6.74. The standard InChI is InChI=1S/C40H42N6O4/c1-39(2,3)30-20-29(38-44-36(46-50-38)27-13-17-42-18-14-27)21-31(23-30)40(4,5)24-25-7-9-32(19-25)48-34-22-28(8-10-33(34)47-6)37-43-35(45-49-37)26-11-15-41-16-12-26/h8,10-18,20-23,25,32H,7,9,19,24H2,1-6H3. The summed E-state index contributed by atoms with van der Waals surface area (Å²) in [7, 11) is 1.66. The van der Waals surface area contributed by atoms with E-state index in [2.05, 4.69) is 78.1 Å². The summed E-state index contributed by atoms with van der Waals surface area (Å²) in [5.41, 5.74) is 5.74. The summed E-state index contributed by atoms with van der Waals surface area (Å²) < 4.78 is 23.7. The van der Waals surface area contributed by atoms with Gasteiger partial charge in [-0.25, -0.2) is 0 Å². The van der Waals surface area contributed by atoms with E-state index in [4.69, 9.17) is 23.5 Å². The summed E-state index contributed by atoms with van der Waals surface area (Å²) in [5.74, 6) is 3.83. The van der Waals surface area contributed by atoms with Gasteiger partial charge >= 0.3 is 0 Å². The molecule has 4 aromatic heterocycles. The van der Waals surface area contributed by atoms with Crippen LogP contribution in [0, 0.1) is 5.92 Å². The summed E-state index contributed by atoms with van der Waals surface area (Å²) in [5, 5.41) is 8.43. The van der Waals surface area contributed by atoms with Crippen LogP contribution in [0.3, 0.4) is 0 Å². The minimum absolute atomic E-state index is 0.0590. The highest BCUT2D eigenvalue weighted by Crippen LogP contribution is 2.43. The predicted molar refractivity (Wildman–Crippen MR) is 191 cm³/mol. The number of ether oxygens (including phenoxy) is 2. The lowest BCUT2D eigenvalue weighted by molar-refractivity contribution is 0.192. The van der Waals surface area contributed by atoms with Gasteiger partial charge in [0.05, 0.1) is 13.2 Å². The van der Waals surface area contributed by atoms with Crippen molar-refractivity contribution in [3.05, 3.63) is 96.6 Å². The zero-order valence-corrected chi connectivity index (χ0v) is 29.4. The average Bonchev–Trinajstić information content (AvgIpc) is 3.91. The van der Waals surface area contributed by atoms with E-state index < -0.39 is 0 Å². The molecule has 6 aromatic rings. The molecule has 50 heavy (non-hydrogen) atoms. The van der Waals surface area contributed by atoms with E-state index in [9.17, 15) is 0 Å². The van der Waals surface area contributed by atoms with E-state index in [0.717, 1.165) is 47.9 Å². The van der Waals surface area contributed by atoms with Crippen molar-refractivity contribution in [3.8, 4) is 57.2 Å². The lowest BCUT2D eigenvalue weighted by atomic mass is 9.74. The van der Waals surface area contributed by atoms with E-state index in [1.165, 1.54) is 11.1 Å². The van der Waals surface area contributed by atoms with Crippen molar-refractivity contribution in [1.82, 2.24) is 30.2 Å². The van der Waals surface area contributed by atoms with E-state index in [0.29, 0.717) is 40.8 Å². The van der Waals surface area contributed by atoms with E-state index >= 15 is 0 Å². The first-order valence-electron chi connectivity index (χ1n) is 17.1. The third-order valence-corrected chi connectivity index (χ3v) is 9.55. The van der Waals surface area contributed by atoms with Gasteiger partial charge in [0.25, 0.3) is 11.8 Å². The van der Waals surface area contributed by atoms with Gasteiger partial charge in [-0.05, 0) is 108 Å². The Kier molecular flexibility index (Phi) is 8.94. The zero-order chi connectivity index (χ0) is 34.9. The summed E-state index contributed by atoms with van der Waals surface area (Å²) in [6, 6.07) is 19.9. The highest BCUT2D eigenvalue weighted by molar-refractivity contribution is 5.63. The Morgan fingerprint density at radius 1 is 0.660 bits per heavy atom. The molecule has 0 N–H and O–H groups in total. The van der Waals surface area contributed by atoms with Crippen LogP contribution in [0.4, 0.5) is 0 Å². The first kappa shape index (κ1) is 33.1. The van der Waals surface area contributed by atoms with Gasteiger partial charge in [0.2, 0.25) is 11.6 Å². The van der Waals surface area contributed by atoms with Gasteiger partial charge in [-0.3, -0.25) is 9.97 Å². The van der Waals surface area contributed by atoms with Crippen molar-refractivity contribution in [3.63, 3.8) is 0 Å². The molecule has 4 heterocycles. The molecule has 2 aromatic carbocycles. The molecule has 1 aliphatic rings. The Morgan fingerprint density at radius 2 is 1.26 bits per heavy atom. The van der Waals surface area contributed by atoms with Gasteiger partial charge in [0, 0.05) is 47.0 Å². The summed E-state index contributed by atoms with van der Waals surface area (Å²) in [6.07, 6.45) is 11.0. The molecule has 0 bridgehead atoms. The Balaban J connectivity index is 1.07.